The average molecular weight is 436 g/mol. The third kappa shape index (κ3) is 6.37. The van der Waals surface area contributed by atoms with E-state index in [1.807, 2.05) is 6.07 Å². The molecule has 1 aliphatic rings. The maximum absolute atomic E-state index is 12.3. The second kappa shape index (κ2) is 9.83. The molecule has 2 aromatic rings. The smallest absolute Gasteiger partial charge is 0.269 e. The maximum atomic E-state index is 12.3. The number of sulfonamides is 1. The lowest BCUT2D eigenvalue weighted by Gasteiger charge is -2.34. The van der Waals surface area contributed by atoms with Crippen LogP contribution in [0.25, 0.3) is 0 Å². The zero-order valence-electron chi connectivity index (χ0n) is 16.7. The number of aromatic nitrogens is 1. The summed E-state index contributed by atoms with van der Waals surface area (Å²) in [6.07, 6.45) is 1.42. The highest BCUT2D eigenvalue weighted by atomic mass is 32.2. The number of nitro benzene ring substituents is 1. The fraction of sp³-hybridized carbons (Fsp3) is 0.421. The molecule has 3 rings (SSSR count). The molecule has 30 heavy (non-hydrogen) atoms. The summed E-state index contributed by atoms with van der Waals surface area (Å²) >= 11 is 0. The zero-order valence-corrected chi connectivity index (χ0v) is 17.5. The van der Waals surface area contributed by atoms with E-state index >= 15 is 0 Å². The fourth-order valence-corrected chi connectivity index (χ4v) is 4.32. The van der Waals surface area contributed by atoms with Crippen molar-refractivity contribution in [2.45, 2.75) is 6.54 Å². The van der Waals surface area contributed by atoms with E-state index in [4.69, 9.17) is 4.74 Å². The van der Waals surface area contributed by atoms with E-state index in [1.165, 1.54) is 19.4 Å². The summed E-state index contributed by atoms with van der Waals surface area (Å²) in [5, 5.41) is 10.9. The van der Waals surface area contributed by atoms with Gasteiger partial charge in [-0.25, -0.2) is 13.4 Å². The first-order valence-corrected chi connectivity index (χ1v) is 11.2. The van der Waals surface area contributed by atoms with Crippen LogP contribution >= 0.6 is 0 Å². The topological polar surface area (TPSA) is 118 Å². The Morgan fingerprint density at radius 1 is 1.17 bits per heavy atom. The van der Waals surface area contributed by atoms with Crippen LogP contribution < -0.4 is 9.46 Å². The van der Waals surface area contributed by atoms with Crippen LogP contribution in [0.1, 0.15) is 5.56 Å². The quantitative estimate of drug-likeness (QED) is 0.466. The van der Waals surface area contributed by atoms with Crippen molar-refractivity contribution < 1.29 is 18.1 Å². The van der Waals surface area contributed by atoms with Crippen LogP contribution in [-0.4, -0.2) is 73.7 Å². The molecule has 1 aliphatic heterocycles. The number of non-ortho nitro benzene ring substituents is 1. The summed E-state index contributed by atoms with van der Waals surface area (Å²) in [4.78, 5) is 18.8. The summed E-state index contributed by atoms with van der Waals surface area (Å²) in [6, 6.07) is 9.86. The molecule has 10 nitrogen and oxygen atoms in total. The molecule has 1 aromatic carbocycles. The van der Waals surface area contributed by atoms with E-state index in [0.29, 0.717) is 24.7 Å². The lowest BCUT2D eigenvalue weighted by molar-refractivity contribution is -0.384. The van der Waals surface area contributed by atoms with Gasteiger partial charge in [-0.1, -0.05) is 12.1 Å². The number of nitro groups is 1. The number of nitrogens with one attached hydrogen (secondary N) is 1. The number of rotatable bonds is 9. The van der Waals surface area contributed by atoms with Gasteiger partial charge >= 0.3 is 0 Å². The standard InChI is InChI=1S/C19H25N5O5S/c1-29-19-6-5-17(14-20-19)21-30(27,28)12-11-22-7-9-23(10-8-22)15-16-3-2-4-18(13-16)24(25)26/h2-6,13-14,21H,7-12,15H2,1H3. The zero-order chi connectivity index (χ0) is 21.6. The molecule has 1 N–H and O–H groups in total. The molecular weight excluding hydrogens is 410 g/mol. The minimum Gasteiger partial charge on any atom is -0.481 e. The maximum Gasteiger partial charge on any atom is 0.269 e. The summed E-state index contributed by atoms with van der Waals surface area (Å²) in [5.41, 5.74) is 1.39. The van der Waals surface area contributed by atoms with Crippen molar-refractivity contribution in [3.63, 3.8) is 0 Å². The Hall–Kier alpha value is -2.76. The molecule has 0 bridgehead atoms. The van der Waals surface area contributed by atoms with Gasteiger partial charge in [0, 0.05) is 57.5 Å². The van der Waals surface area contributed by atoms with Gasteiger partial charge in [-0.2, -0.15) is 0 Å². The van der Waals surface area contributed by atoms with Crippen molar-refractivity contribution >= 4 is 21.4 Å². The first-order chi connectivity index (χ1) is 14.3. The molecule has 0 saturated carbocycles. The Balaban J connectivity index is 1.44. The minimum absolute atomic E-state index is 0.0100. The van der Waals surface area contributed by atoms with Crippen LogP contribution in [0.2, 0.25) is 0 Å². The number of hydrogen-bond acceptors (Lipinski definition) is 8. The number of benzene rings is 1. The summed E-state index contributed by atoms with van der Waals surface area (Å²) < 4.78 is 32.1. The Morgan fingerprint density at radius 2 is 1.90 bits per heavy atom. The second-order valence-corrected chi connectivity index (χ2v) is 8.90. The van der Waals surface area contributed by atoms with Crippen molar-refractivity contribution in [1.29, 1.82) is 0 Å². The van der Waals surface area contributed by atoms with Gasteiger partial charge in [0.1, 0.15) is 0 Å². The van der Waals surface area contributed by atoms with Gasteiger partial charge in [0.25, 0.3) is 5.69 Å². The van der Waals surface area contributed by atoms with Gasteiger partial charge in [-0.05, 0) is 11.6 Å². The molecule has 1 saturated heterocycles. The Kier molecular flexibility index (Phi) is 7.19. The summed E-state index contributed by atoms with van der Waals surface area (Å²) in [6.45, 7) is 4.11. The van der Waals surface area contributed by atoms with Gasteiger partial charge in [0.15, 0.2) is 0 Å². The van der Waals surface area contributed by atoms with Crippen LogP contribution in [0.5, 0.6) is 5.88 Å². The number of piperazine rings is 1. The largest absolute Gasteiger partial charge is 0.481 e. The molecule has 0 unspecified atom stereocenters. The number of ether oxygens (including phenoxy) is 1. The highest BCUT2D eigenvalue weighted by Gasteiger charge is 2.20. The second-order valence-electron chi connectivity index (χ2n) is 7.05. The first-order valence-electron chi connectivity index (χ1n) is 9.53. The Morgan fingerprint density at radius 3 is 2.53 bits per heavy atom. The van der Waals surface area contributed by atoms with Crippen LogP contribution in [0.4, 0.5) is 11.4 Å². The van der Waals surface area contributed by atoms with E-state index in [2.05, 4.69) is 19.5 Å². The van der Waals surface area contributed by atoms with E-state index in [1.54, 1.807) is 24.3 Å². The molecule has 1 aromatic heterocycles. The highest BCUT2D eigenvalue weighted by Crippen LogP contribution is 2.16. The van der Waals surface area contributed by atoms with E-state index in [0.717, 1.165) is 31.7 Å². The van der Waals surface area contributed by atoms with Crippen molar-refractivity contribution in [2.75, 3.05) is 50.3 Å². The normalized spacial score (nSPS) is 15.6. The fourth-order valence-electron chi connectivity index (χ4n) is 3.24. The molecule has 0 radical (unpaired) electrons. The Labute approximate surface area is 175 Å². The van der Waals surface area contributed by atoms with Crippen LogP contribution in [-0.2, 0) is 16.6 Å². The third-order valence-corrected chi connectivity index (χ3v) is 6.15. The van der Waals surface area contributed by atoms with Crippen molar-refractivity contribution in [3.8, 4) is 5.88 Å². The average Bonchev–Trinajstić information content (AvgIpc) is 2.74. The van der Waals surface area contributed by atoms with Crippen LogP contribution in [0, 0.1) is 10.1 Å². The van der Waals surface area contributed by atoms with E-state index in [9.17, 15) is 18.5 Å². The lowest BCUT2D eigenvalue weighted by atomic mass is 10.1. The predicted molar refractivity (Wildman–Crippen MR) is 113 cm³/mol. The molecular formula is C19H25N5O5S. The van der Waals surface area contributed by atoms with Crippen LogP contribution in [0.15, 0.2) is 42.6 Å². The SMILES string of the molecule is COc1ccc(NS(=O)(=O)CCN2CCN(Cc3cccc([N+](=O)[O-])c3)CC2)cn1. The van der Waals surface area contributed by atoms with Crippen LogP contribution in [0.3, 0.4) is 0 Å². The highest BCUT2D eigenvalue weighted by molar-refractivity contribution is 7.92. The predicted octanol–water partition coefficient (Wildman–Crippen LogP) is 1.56. The Bertz CT molecular complexity index is 960. The number of anilines is 1. The number of hydrogen-bond donors (Lipinski definition) is 1. The molecule has 0 aliphatic carbocycles. The number of methoxy groups -OCH3 is 1. The van der Waals surface area contributed by atoms with Gasteiger partial charge < -0.3 is 4.74 Å². The van der Waals surface area contributed by atoms with E-state index < -0.39 is 14.9 Å². The van der Waals surface area contributed by atoms with Gasteiger partial charge in [-0.15, -0.1) is 0 Å². The first kappa shape index (κ1) is 21.9. The summed E-state index contributed by atoms with van der Waals surface area (Å²) in [7, 11) is -1.98. The lowest BCUT2D eigenvalue weighted by Crippen LogP contribution is -2.47. The number of pyridine rings is 1. The molecule has 1 fully saturated rings. The van der Waals surface area contributed by atoms with Gasteiger partial charge in [0.2, 0.25) is 15.9 Å². The van der Waals surface area contributed by atoms with Crippen molar-refractivity contribution in [2.24, 2.45) is 0 Å². The third-order valence-electron chi connectivity index (χ3n) is 4.89. The van der Waals surface area contributed by atoms with Crippen molar-refractivity contribution in [3.05, 3.63) is 58.3 Å². The minimum atomic E-state index is -3.48. The van der Waals surface area contributed by atoms with Gasteiger partial charge in [-0.3, -0.25) is 24.6 Å². The van der Waals surface area contributed by atoms with E-state index in [-0.39, 0.29) is 11.4 Å². The molecule has 11 heteroatoms. The number of nitrogens with zero attached hydrogens (tertiary/aromatic N) is 4. The molecule has 0 amide bonds. The molecule has 162 valence electrons. The van der Waals surface area contributed by atoms with Crippen molar-refractivity contribution in [1.82, 2.24) is 14.8 Å². The molecule has 0 atom stereocenters. The molecule has 0 spiro atoms. The molecule has 2 heterocycles. The monoisotopic (exact) mass is 435 g/mol. The summed E-state index contributed by atoms with van der Waals surface area (Å²) in [5.74, 6) is 0.408. The van der Waals surface area contributed by atoms with Gasteiger partial charge in [0.05, 0.1) is 29.7 Å².